The Morgan fingerprint density at radius 2 is 2.25 bits per heavy atom. The van der Waals surface area contributed by atoms with E-state index in [0.717, 1.165) is 11.3 Å². The highest BCUT2D eigenvalue weighted by Gasteiger charge is 2.05. The van der Waals surface area contributed by atoms with Gasteiger partial charge in [-0.1, -0.05) is 6.07 Å². The molecule has 0 atom stereocenters. The van der Waals surface area contributed by atoms with Gasteiger partial charge in [0.15, 0.2) is 0 Å². The molecule has 2 aromatic heterocycles. The summed E-state index contributed by atoms with van der Waals surface area (Å²) in [5, 5.41) is 12.7. The highest BCUT2D eigenvalue weighted by Crippen LogP contribution is 2.04. The molecule has 2 heterocycles. The molecule has 0 saturated heterocycles. The van der Waals surface area contributed by atoms with Crippen LogP contribution in [0.3, 0.4) is 0 Å². The van der Waals surface area contributed by atoms with Crippen LogP contribution in [0, 0.1) is 6.92 Å². The van der Waals surface area contributed by atoms with Crippen LogP contribution in [0.2, 0.25) is 0 Å². The number of aryl methyl sites for hydroxylation is 1. The van der Waals surface area contributed by atoms with Crippen LogP contribution in [0.1, 0.15) is 21.6 Å². The van der Waals surface area contributed by atoms with Crippen molar-refractivity contribution in [3.8, 4) is 0 Å². The van der Waals surface area contributed by atoms with Gasteiger partial charge in [0.25, 0.3) is 0 Å². The first kappa shape index (κ1) is 10.4. The zero-order valence-electron chi connectivity index (χ0n) is 8.79. The fraction of sp³-hybridized carbons (Fsp3) is 0.182. The summed E-state index contributed by atoms with van der Waals surface area (Å²) in [5.41, 5.74) is 2.14. The van der Waals surface area contributed by atoms with E-state index >= 15 is 0 Å². The van der Waals surface area contributed by atoms with Gasteiger partial charge in [0.2, 0.25) is 0 Å². The fourth-order valence-corrected chi connectivity index (χ4v) is 1.34. The second-order valence-corrected chi connectivity index (χ2v) is 3.54. The zero-order chi connectivity index (χ0) is 11.5. The Balaban J connectivity index is 2.14. The Labute approximate surface area is 92.4 Å². The lowest BCUT2D eigenvalue weighted by atomic mass is 10.2. The van der Waals surface area contributed by atoms with Crippen molar-refractivity contribution in [3.05, 3.63) is 47.5 Å². The molecule has 0 aromatic carbocycles. The van der Waals surface area contributed by atoms with Crippen molar-refractivity contribution in [1.29, 1.82) is 0 Å². The van der Waals surface area contributed by atoms with Gasteiger partial charge in [-0.15, -0.1) is 0 Å². The van der Waals surface area contributed by atoms with E-state index in [1.165, 1.54) is 12.4 Å². The molecule has 0 fully saturated rings. The summed E-state index contributed by atoms with van der Waals surface area (Å²) in [6.45, 7) is 2.45. The van der Waals surface area contributed by atoms with E-state index in [0.29, 0.717) is 6.54 Å². The average Bonchev–Trinajstić information content (AvgIpc) is 2.70. The average molecular weight is 217 g/mol. The zero-order valence-corrected chi connectivity index (χ0v) is 8.79. The van der Waals surface area contributed by atoms with Crippen LogP contribution >= 0.6 is 0 Å². The largest absolute Gasteiger partial charge is 0.478 e. The number of pyridine rings is 1. The summed E-state index contributed by atoms with van der Waals surface area (Å²) < 4.78 is 1.58. The maximum absolute atomic E-state index is 10.6. The van der Waals surface area contributed by atoms with Gasteiger partial charge in [-0.3, -0.25) is 9.67 Å². The molecule has 0 unspecified atom stereocenters. The van der Waals surface area contributed by atoms with Crippen LogP contribution in [0.4, 0.5) is 0 Å². The molecule has 0 bridgehead atoms. The molecule has 0 aliphatic heterocycles. The van der Waals surface area contributed by atoms with Crippen molar-refractivity contribution in [3.63, 3.8) is 0 Å². The standard InChI is InChI=1S/C11H11N3O2/c1-8-2-3-9(4-12-8)6-14-7-10(5-13-14)11(15)16/h2-5,7H,6H2,1H3,(H,15,16). The minimum absolute atomic E-state index is 0.195. The predicted octanol–water partition coefficient (Wildman–Crippen LogP) is 1.33. The molecule has 0 radical (unpaired) electrons. The number of aromatic nitrogens is 3. The molecule has 1 N–H and O–H groups in total. The Hall–Kier alpha value is -2.17. The van der Waals surface area contributed by atoms with E-state index in [4.69, 9.17) is 5.11 Å². The van der Waals surface area contributed by atoms with Crippen LogP contribution in [-0.2, 0) is 6.54 Å². The van der Waals surface area contributed by atoms with E-state index in [9.17, 15) is 4.79 Å². The summed E-state index contributed by atoms with van der Waals surface area (Å²) in [5.74, 6) is -0.965. The molecule has 0 aliphatic rings. The molecule has 16 heavy (non-hydrogen) atoms. The van der Waals surface area contributed by atoms with Gasteiger partial charge in [0, 0.05) is 18.1 Å². The van der Waals surface area contributed by atoms with Crippen molar-refractivity contribution < 1.29 is 9.90 Å². The van der Waals surface area contributed by atoms with E-state index < -0.39 is 5.97 Å². The Morgan fingerprint density at radius 1 is 1.44 bits per heavy atom. The first-order chi connectivity index (χ1) is 7.65. The number of rotatable bonds is 3. The highest BCUT2D eigenvalue weighted by molar-refractivity contribution is 5.86. The lowest BCUT2D eigenvalue weighted by Crippen LogP contribution is -2.01. The molecule has 82 valence electrons. The molecule has 0 aliphatic carbocycles. The molecule has 0 amide bonds. The predicted molar refractivity (Wildman–Crippen MR) is 57.3 cm³/mol. The van der Waals surface area contributed by atoms with Crippen LogP contribution in [-0.4, -0.2) is 25.8 Å². The maximum atomic E-state index is 10.6. The van der Waals surface area contributed by atoms with Gasteiger partial charge in [0.05, 0.1) is 18.3 Å². The maximum Gasteiger partial charge on any atom is 0.338 e. The summed E-state index contributed by atoms with van der Waals surface area (Å²) in [6, 6.07) is 3.86. The fourth-order valence-electron chi connectivity index (χ4n) is 1.34. The normalized spacial score (nSPS) is 10.3. The van der Waals surface area contributed by atoms with Crippen molar-refractivity contribution in [2.45, 2.75) is 13.5 Å². The number of nitrogens with zero attached hydrogens (tertiary/aromatic N) is 3. The van der Waals surface area contributed by atoms with Gasteiger partial charge in [-0.05, 0) is 18.6 Å². The van der Waals surface area contributed by atoms with Crippen LogP contribution < -0.4 is 0 Å². The minimum Gasteiger partial charge on any atom is -0.478 e. The lowest BCUT2D eigenvalue weighted by Gasteiger charge is -2.01. The van der Waals surface area contributed by atoms with Crippen LogP contribution in [0.15, 0.2) is 30.7 Å². The van der Waals surface area contributed by atoms with E-state index in [-0.39, 0.29) is 5.56 Å². The Bertz CT molecular complexity index is 502. The third-order valence-corrected chi connectivity index (χ3v) is 2.20. The number of hydrogen-bond acceptors (Lipinski definition) is 3. The number of carboxylic acid groups (broad SMARTS) is 1. The number of aromatic carboxylic acids is 1. The van der Waals surface area contributed by atoms with Gasteiger partial charge < -0.3 is 5.11 Å². The number of hydrogen-bond donors (Lipinski definition) is 1. The summed E-state index contributed by atoms with van der Waals surface area (Å²) in [6.07, 6.45) is 4.60. The second-order valence-electron chi connectivity index (χ2n) is 3.54. The summed E-state index contributed by atoms with van der Waals surface area (Å²) >= 11 is 0. The first-order valence-electron chi connectivity index (χ1n) is 4.82. The third-order valence-electron chi connectivity index (χ3n) is 2.20. The highest BCUT2D eigenvalue weighted by atomic mass is 16.4. The van der Waals surface area contributed by atoms with Crippen molar-refractivity contribution >= 4 is 5.97 Å². The van der Waals surface area contributed by atoms with Crippen molar-refractivity contribution in [2.75, 3.05) is 0 Å². The van der Waals surface area contributed by atoms with Crippen molar-refractivity contribution in [1.82, 2.24) is 14.8 Å². The number of carbonyl (C=O) groups is 1. The summed E-state index contributed by atoms with van der Waals surface area (Å²) in [7, 11) is 0. The van der Waals surface area contributed by atoms with E-state index in [1.807, 2.05) is 19.1 Å². The lowest BCUT2D eigenvalue weighted by molar-refractivity contribution is 0.0697. The van der Waals surface area contributed by atoms with Gasteiger partial charge in [-0.25, -0.2) is 4.79 Å². The summed E-state index contributed by atoms with van der Waals surface area (Å²) in [4.78, 5) is 14.8. The second kappa shape index (κ2) is 4.14. The molecule has 0 saturated carbocycles. The third kappa shape index (κ3) is 2.25. The first-order valence-corrected chi connectivity index (χ1v) is 4.82. The smallest absolute Gasteiger partial charge is 0.338 e. The molecular weight excluding hydrogens is 206 g/mol. The monoisotopic (exact) mass is 217 g/mol. The number of carboxylic acids is 1. The van der Waals surface area contributed by atoms with Gasteiger partial charge in [0.1, 0.15) is 0 Å². The Morgan fingerprint density at radius 3 is 2.81 bits per heavy atom. The van der Waals surface area contributed by atoms with Crippen LogP contribution in [0.25, 0.3) is 0 Å². The molecule has 2 rings (SSSR count). The molecule has 5 nitrogen and oxygen atoms in total. The van der Waals surface area contributed by atoms with Gasteiger partial charge in [-0.2, -0.15) is 5.10 Å². The Kier molecular flexibility index (Phi) is 2.68. The van der Waals surface area contributed by atoms with E-state index in [2.05, 4.69) is 10.1 Å². The molecular formula is C11H11N3O2. The molecule has 0 spiro atoms. The van der Waals surface area contributed by atoms with Crippen molar-refractivity contribution in [2.24, 2.45) is 0 Å². The topological polar surface area (TPSA) is 68.0 Å². The van der Waals surface area contributed by atoms with Gasteiger partial charge >= 0.3 is 5.97 Å². The quantitative estimate of drug-likeness (QED) is 0.842. The molecule has 2 aromatic rings. The van der Waals surface area contributed by atoms with Crippen LogP contribution in [0.5, 0.6) is 0 Å². The van der Waals surface area contributed by atoms with E-state index in [1.54, 1.807) is 10.9 Å². The SMILES string of the molecule is Cc1ccc(Cn2cc(C(=O)O)cn2)cn1. The molecule has 5 heteroatoms. The minimum atomic E-state index is -0.965.